The standard InChI is InChI=1S/C32H33NO3S3/c1-4-23(19-31-26(5-2)27-18-22(3)12-14-29(27)37-31)20-32-33(16-9-17-39(34,35)36)28-21-25(13-15-30(28)38-32)24-10-7-6-8-11-24/h6-8,10-15,18-21H,4-5,9,16-17H2,1-3H3,(H,34,35,36)/b23-19+,32-20-. The van der Waals surface area contributed by atoms with E-state index in [1.165, 1.54) is 31.7 Å². The van der Waals surface area contributed by atoms with Crippen LogP contribution in [-0.2, 0) is 16.5 Å². The van der Waals surface area contributed by atoms with E-state index in [0.29, 0.717) is 13.0 Å². The summed E-state index contributed by atoms with van der Waals surface area (Å²) in [5.74, 6) is -0.257. The summed E-state index contributed by atoms with van der Waals surface area (Å²) in [6.07, 6.45) is 6.76. The first-order chi connectivity index (χ1) is 18.8. The van der Waals surface area contributed by atoms with Crippen molar-refractivity contribution in [2.24, 2.45) is 0 Å². The molecule has 0 fully saturated rings. The molecule has 0 saturated carbocycles. The SMILES string of the molecule is CCC(/C=C1\Sc2ccc(-c3ccccc3)cc2N1CCCS(=O)(=O)O)=C\c1sc2ccc(C)cc2c1CC. The van der Waals surface area contributed by atoms with Crippen LogP contribution >= 0.6 is 23.1 Å². The van der Waals surface area contributed by atoms with E-state index in [4.69, 9.17) is 0 Å². The number of fused-ring (bicyclic) bond motifs is 2. The lowest BCUT2D eigenvalue weighted by Gasteiger charge is -2.21. The molecule has 4 aromatic rings. The van der Waals surface area contributed by atoms with Crippen LogP contribution in [-0.4, -0.2) is 25.3 Å². The van der Waals surface area contributed by atoms with E-state index in [-0.39, 0.29) is 5.75 Å². The molecule has 4 nitrogen and oxygen atoms in total. The second-order valence-corrected chi connectivity index (χ2v) is 13.5. The maximum atomic E-state index is 11.5. The first kappa shape index (κ1) is 27.7. The second-order valence-electron chi connectivity index (χ2n) is 9.80. The number of thiophene rings is 1. The Bertz CT molecular complexity index is 1670. The quantitative estimate of drug-likeness (QED) is 0.202. The van der Waals surface area contributed by atoms with Gasteiger partial charge in [-0.05, 0) is 84.2 Å². The Morgan fingerprint density at radius 1 is 1.00 bits per heavy atom. The summed E-state index contributed by atoms with van der Waals surface area (Å²) in [5.41, 5.74) is 7.23. The van der Waals surface area contributed by atoms with Crippen LogP contribution in [0.5, 0.6) is 0 Å². The van der Waals surface area contributed by atoms with Gasteiger partial charge in [0.05, 0.1) is 16.5 Å². The summed E-state index contributed by atoms with van der Waals surface area (Å²) in [6, 6.07) is 23.4. The van der Waals surface area contributed by atoms with Gasteiger partial charge in [0.15, 0.2) is 0 Å². The number of allylic oxidation sites excluding steroid dienone is 2. The zero-order chi connectivity index (χ0) is 27.6. The van der Waals surface area contributed by atoms with Crippen molar-refractivity contribution in [3.63, 3.8) is 0 Å². The zero-order valence-corrected chi connectivity index (χ0v) is 24.9. The van der Waals surface area contributed by atoms with Gasteiger partial charge in [0.1, 0.15) is 0 Å². The predicted molar refractivity (Wildman–Crippen MR) is 168 cm³/mol. The summed E-state index contributed by atoms with van der Waals surface area (Å²) >= 11 is 3.56. The molecule has 1 aliphatic rings. The molecular weight excluding hydrogens is 543 g/mol. The maximum absolute atomic E-state index is 11.5. The zero-order valence-electron chi connectivity index (χ0n) is 22.5. The molecule has 1 N–H and O–H groups in total. The monoisotopic (exact) mass is 575 g/mol. The minimum atomic E-state index is -4.02. The third kappa shape index (κ3) is 6.33. The highest BCUT2D eigenvalue weighted by atomic mass is 32.2. The van der Waals surface area contributed by atoms with Crippen LogP contribution in [0.3, 0.4) is 0 Å². The molecule has 0 unspecified atom stereocenters. The number of aryl methyl sites for hydroxylation is 2. The highest BCUT2D eigenvalue weighted by molar-refractivity contribution is 8.03. The number of hydrogen-bond donors (Lipinski definition) is 1. The maximum Gasteiger partial charge on any atom is 0.264 e. The molecule has 0 atom stereocenters. The van der Waals surface area contributed by atoms with Crippen molar-refractivity contribution in [3.05, 3.63) is 99.4 Å². The van der Waals surface area contributed by atoms with Gasteiger partial charge < -0.3 is 4.90 Å². The van der Waals surface area contributed by atoms with Gasteiger partial charge in [-0.15, -0.1) is 11.3 Å². The summed E-state index contributed by atoms with van der Waals surface area (Å²) in [4.78, 5) is 4.65. The molecular formula is C32H33NO3S3. The van der Waals surface area contributed by atoms with Crippen LogP contribution in [0.1, 0.15) is 42.7 Å². The number of benzene rings is 3. The van der Waals surface area contributed by atoms with E-state index in [1.807, 2.05) is 29.5 Å². The van der Waals surface area contributed by atoms with E-state index in [9.17, 15) is 13.0 Å². The van der Waals surface area contributed by atoms with Crippen molar-refractivity contribution in [1.29, 1.82) is 0 Å². The number of rotatable bonds is 9. The Morgan fingerprint density at radius 2 is 1.79 bits per heavy atom. The van der Waals surface area contributed by atoms with Crippen LogP contribution in [0.2, 0.25) is 0 Å². The Morgan fingerprint density at radius 3 is 2.51 bits per heavy atom. The van der Waals surface area contributed by atoms with Gasteiger partial charge >= 0.3 is 0 Å². The van der Waals surface area contributed by atoms with E-state index in [2.05, 4.69) is 86.4 Å². The van der Waals surface area contributed by atoms with Gasteiger partial charge in [-0.2, -0.15) is 8.42 Å². The molecule has 0 saturated heterocycles. The normalized spacial score (nSPS) is 14.9. The first-order valence-corrected chi connectivity index (χ1v) is 16.5. The number of thioether (sulfide) groups is 1. The van der Waals surface area contributed by atoms with Gasteiger partial charge in [0, 0.05) is 21.0 Å². The Labute approximate surface area is 239 Å². The van der Waals surface area contributed by atoms with Crippen LogP contribution < -0.4 is 4.90 Å². The average Bonchev–Trinajstić information content (AvgIpc) is 3.44. The van der Waals surface area contributed by atoms with Gasteiger partial charge in [-0.25, -0.2) is 0 Å². The van der Waals surface area contributed by atoms with Gasteiger partial charge in [0.2, 0.25) is 0 Å². The fourth-order valence-electron chi connectivity index (χ4n) is 4.99. The highest BCUT2D eigenvalue weighted by Gasteiger charge is 2.26. The molecule has 39 heavy (non-hydrogen) atoms. The molecule has 0 spiro atoms. The summed E-state index contributed by atoms with van der Waals surface area (Å²) < 4.78 is 33.6. The third-order valence-electron chi connectivity index (χ3n) is 6.99. The van der Waals surface area contributed by atoms with E-state index >= 15 is 0 Å². The summed E-state index contributed by atoms with van der Waals surface area (Å²) in [7, 11) is -4.02. The van der Waals surface area contributed by atoms with Crippen LogP contribution in [0.25, 0.3) is 27.3 Å². The molecule has 1 aromatic heterocycles. The molecule has 7 heteroatoms. The number of nitrogens with zero attached hydrogens (tertiary/aromatic N) is 1. The average molecular weight is 576 g/mol. The minimum Gasteiger partial charge on any atom is -0.335 e. The van der Waals surface area contributed by atoms with Crippen molar-refractivity contribution >= 4 is 55.1 Å². The van der Waals surface area contributed by atoms with Gasteiger partial charge in [-0.3, -0.25) is 4.55 Å². The third-order valence-corrected chi connectivity index (χ3v) is 10.1. The fourth-order valence-corrected chi connectivity index (χ4v) is 7.88. The molecule has 1 aliphatic heterocycles. The van der Waals surface area contributed by atoms with Crippen molar-refractivity contribution < 1.29 is 13.0 Å². The van der Waals surface area contributed by atoms with E-state index in [0.717, 1.165) is 39.6 Å². The Balaban J connectivity index is 1.53. The minimum absolute atomic E-state index is 0.257. The molecule has 0 aliphatic carbocycles. The molecule has 3 aromatic carbocycles. The summed E-state index contributed by atoms with van der Waals surface area (Å²) in [5, 5.41) is 2.42. The lowest BCUT2D eigenvalue weighted by molar-refractivity contribution is 0.481. The molecule has 0 radical (unpaired) electrons. The van der Waals surface area contributed by atoms with Crippen LogP contribution in [0.4, 0.5) is 5.69 Å². The van der Waals surface area contributed by atoms with E-state index in [1.54, 1.807) is 11.8 Å². The molecule has 0 amide bonds. The molecule has 5 rings (SSSR count). The smallest absolute Gasteiger partial charge is 0.264 e. The summed E-state index contributed by atoms with van der Waals surface area (Å²) in [6.45, 7) is 7.04. The Kier molecular flexibility index (Phi) is 8.33. The fraction of sp³-hybridized carbons (Fsp3) is 0.250. The molecule has 202 valence electrons. The number of hydrogen-bond acceptors (Lipinski definition) is 5. The van der Waals surface area contributed by atoms with Crippen molar-refractivity contribution in [2.75, 3.05) is 17.2 Å². The van der Waals surface area contributed by atoms with E-state index < -0.39 is 10.1 Å². The van der Waals surface area contributed by atoms with Crippen molar-refractivity contribution in [2.45, 2.75) is 44.9 Å². The Hall–Kier alpha value is -2.84. The topological polar surface area (TPSA) is 57.6 Å². The molecule has 2 heterocycles. The highest BCUT2D eigenvalue weighted by Crippen LogP contribution is 2.48. The van der Waals surface area contributed by atoms with Gasteiger partial charge in [-0.1, -0.05) is 79.7 Å². The van der Waals surface area contributed by atoms with Crippen molar-refractivity contribution in [3.8, 4) is 11.1 Å². The van der Waals surface area contributed by atoms with Gasteiger partial charge in [0.25, 0.3) is 10.1 Å². The largest absolute Gasteiger partial charge is 0.335 e. The van der Waals surface area contributed by atoms with Crippen molar-refractivity contribution in [1.82, 2.24) is 0 Å². The lowest BCUT2D eigenvalue weighted by atomic mass is 10.0. The lowest BCUT2D eigenvalue weighted by Crippen LogP contribution is -2.21. The van der Waals surface area contributed by atoms with Crippen LogP contribution in [0.15, 0.2) is 88.3 Å². The number of anilines is 1. The second kappa shape index (κ2) is 11.7. The molecule has 0 bridgehead atoms. The first-order valence-electron chi connectivity index (χ1n) is 13.3. The van der Waals surface area contributed by atoms with Crippen LogP contribution in [0, 0.1) is 6.92 Å². The predicted octanol–water partition coefficient (Wildman–Crippen LogP) is 8.96.